The summed E-state index contributed by atoms with van der Waals surface area (Å²) in [5.41, 5.74) is 0. The summed E-state index contributed by atoms with van der Waals surface area (Å²) in [6, 6.07) is -0.106. The zero-order valence-corrected chi connectivity index (χ0v) is 7.05. The molecule has 1 atom stereocenters. The first kappa shape index (κ1) is 10.2. The molecule has 0 radical (unpaired) electrons. The molecule has 0 fully saturated rings. The number of hydrogen-bond acceptors (Lipinski definition) is 2. The molecule has 2 amide bonds. The molecule has 4 nitrogen and oxygen atoms in total. The molecule has 0 aromatic heterocycles. The first-order valence-corrected chi connectivity index (χ1v) is 3.83. The third-order valence-electron chi connectivity index (χ3n) is 1.53. The van der Waals surface area contributed by atoms with Gasteiger partial charge in [-0.15, -0.1) is 0 Å². The van der Waals surface area contributed by atoms with Gasteiger partial charge >= 0.3 is 6.03 Å². The molecule has 4 heteroatoms. The molecule has 0 aromatic carbocycles. The lowest BCUT2D eigenvalue weighted by Gasteiger charge is -2.14. The molecule has 0 aliphatic carbocycles. The molecule has 0 saturated carbocycles. The van der Waals surface area contributed by atoms with Gasteiger partial charge in [-0.2, -0.15) is 0 Å². The largest absolute Gasteiger partial charge is 0.396 e. The van der Waals surface area contributed by atoms with E-state index in [-0.39, 0.29) is 18.7 Å². The minimum absolute atomic E-state index is 0.0833. The molecule has 0 saturated heterocycles. The Balaban J connectivity index is 3.58. The van der Waals surface area contributed by atoms with Crippen molar-refractivity contribution in [1.82, 2.24) is 10.6 Å². The first-order chi connectivity index (χ1) is 5.24. The van der Waals surface area contributed by atoms with E-state index in [2.05, 4.69) is 10.6 Å². The molecular formula is C7H16N2O2. The molecule has 1 unspecified atom stereocenters. The highest BCUT2D eigenvalue weighted by molar-refractivity contribution is 5.73. The molecule has 0 spiro atoms. The number of amides is 2. The zero-order valence-electron chi connectivity index (χ0n) is 7.05. The summed E-state index contributed by atoms with van der Waals surface area (Å²) in [7, 11) is 1.57. The van der Waals surface area contributed by atoms with E-state index in [4.69, 9.17) is 5.11 Å². The third kappa shape index (κ3) is 4.61. The highest BCUT2D eigenvalue weighted by Gasteiger charge is 2.06. The van der Waals surface area contributed by atoms with Crippen molar-refractivity contribution < 1.29 is 9.90 Å². The van der Waals surface area contributed by atoms with Crippen LogP contribution in [0.5, 0.6) is 0 Å². The Bertz CT molecular complexity index is 117. The van der Waals surface area contributed by atoms with Gasteiger partial charge in [0.25, 0.3) is 0 Å². The van der Waals surface area contributed by atoms with Crippen molar-refractivity contribution in [1.29, 1.82) is 0 Å². The van der Waals surface area contributed by atoms with Crippen LogP contribution in [0.4, 0.5) is 4.79 Å². The van der Waals surface area contributed by atoms with E-state index >= 15 is 0 Å². The van der Waals surface area contributed by atoms with Gasteiger partial charge in [-0.05, 0) is 12.8 Å². The third-order valence-corrected chi connectivity index (χ3v) is 1.53. The molecule has 0 heterocycles. The second-order valence-electron chi connectivity index (χ2n) is 2.34. The monoisotopic (exact) mass is 160 g/mol. The average Bonchev–Trinajstić information content (AvgIpc) is 2.03. The van der Waals surface area contributed by atoms with E-state index in [0.29, 0.717) is 6.42 Å². The minimum atomic E-state index is -0.190. The van der Waals surface area contributed by atoms with Crippen LogP contribution in [0.2, 0.25) is 0 Å². The van der Waals surface area contributed by atoms with E-state index in [0.717, 1.165) is 6.42 Å². The van der Waals surface area contributed by atoms with E-state index in [1.807, 2.05) is 6.92 Å². The normalized spacial score (nSPS) is 12.3. The number of urea groups is 1. The summed E-state index contributed by atoms with van der Waals surface area (Å²) in [6.45, 7) is 2.08. The highest BCUT2D eigenvalue weighted by atomic mass is 16.3. The van der Waals surface area contributed by atoms with Crippen LogP contribution >= 0.6 is 0 Å². The van der Waals surface area contributed by atoms with Crippen LogP contribution in [-0.4, -0.2) is 30.8 Å². The van der Waals surface area contributed by atoms with Crippen molar-refractivity contribution in [2.24, 2.45) is 0 Å². The van der Waals surface area contributed by atoms with Gasteiger partial charge in [0.1, 0.15) is 0 Å². The van der Waals surface area contributed by atoms with Crippen LogP contribution in [0.3, 0.4) is 0 Å². The lowest BCUT2D eigenvalue weighted by molar-refractivity contribution is 0.230. The lowest BCUT2D eigenvalue weighted by atomic mass is 10.2. The molecule has 0 rings (SSSR count). The number of carbonyl (C=O) groups excluding carboxylic acids is 1. The first-order valence-electron chi connectivity index (χ1n) is 3.83. The number of hydrogen-bond donors (Lipinski definition) is 3. The Morgan fingerprint density at radius 1 is 1.64 bits per heavy atom. The van der Waals surface area contributed by atoms with Crippen LogP contribution < -0.4 is 10.6 Å². The Hall–Kier alpha value is -0.770. The standard InChI is InChI=1S/C7H16N2O2/c1-3-6(4-5-10)9-7(11)8-2/h6,10H,3-5H2,1-2H3,(H2,8,9,11). The number of carbonyl (C=O) groups is 1. The van der Waals surface area contributed by atoms with E-state index in [1.54, 1.807) is 7.05 Å². The fraction of sp³-hybridized carbons (Fsp3) is 0.857. The minimum Gasteiger partial charge on any atom is -0.396 e. The maximum Gasteiger partial charge on any atom is 0.314 e. The zero-order chi connectivity index (χ0) is 8.69. The second kappa shape index (κ2) is 5.97. The van der Waals surface area contributed by atoms with E-state index in [1.165, 1.54) is 0 Å². The number of aliphatic hydroxyl groups is 1. The Kier molecular flexibility index (Phi) is 5.56. The number of rotatable bonds is 4. The topological polar surface area (TPSA) is 61.4 Å². The predicted octanol–water partition coefficient (Wildman–Crippen LogP) is 0.0764. The summed E-state index contributed by atoms with van der Waals surface area (Å²) in [5.74, 6) is 0. The van der Waals surface area contributed by atoms with Crippen molar-refractivity contribution in [3.63, 3.8) is 0 Å². The fourth-order valence-corrected chi connectivity index (χ4v) is 0.792. The SMILES string of the molecule is CCC(CCO)NC(=O)NC. The Labute approximate surface area is 67.0 Å². The van der Waals surface area contributed by atoms with Gasteiger partial charge in [0.05, 0.1) is 0 Å². The maximum absolute atomic E-state index is 10.8. The summed E-state index contributed by atoms with van der Waals surface area (Å²) in [4.78, 5) is 10.8. The van der Waals surface area contributed by atoms with Gasteiger partial charge in [-0.3, -0.25) is 0 Å². The quantitative estimate of drug-likeness (QED) is 0.545. The van der Waals surface area contributed by atoms with E-state index in [9.17, 15) is 4.79 Å². The molecular weight excluding hydrogens is 144 g/mol. The molecule has 11 heavy (non-hydrogen) atoms. The number of nitrogens with one attached hydrogen (secondary N) is 2. The van der Waals surface area contributed by atoms with Gasteiger partial charge in [-0.1, -0.05) is 6.92 Å². The second-order valence-corrected chi connectivity index (χ2v) is 2.34. The van der Waals surface area contributed by atoms with Gasteiger partial charge < -0.3 is 15.7 Å². The van der Waals surface area contributed by atoms with Crippen LogP contribution in [0, 0.1) is 0 Å². The highest BCUT2D eigenvalue weighted by Crippen LogP contribution is 1.95. The summed E-state index contributed by atoms with van der Waals surface area (Å²) >= 11 is 0. The van der Waals surface area contributed by atoms with E-state index < -0.39 is 0 Å². The predicted molar refractivity (Wildman–Crippen MR) is 43.4 cm³/mol. The van der Waals surface area contributed by atoms with Crippen LogP contribution in [-0.2, 0) is 0 Å². The van der Waals surface area contributed by atoms with Gasteiger partial charge in [0.15, 0.2) is 0 Å². The van der Waals surface area contributed by atoms with Gasteiger partial charge in [-0.25, -0.2) is 4.79 Å². The van der Waals surface area contributed by atoms with Gasteiger partial charge in [0.2, 0.25) is 0 Å². The molecule has 0 aromatic rings. The summed E-state index contributed by atoms with van der Waals surface area (Å²) in [6.07, 6.45) is 1.46. The molecule has 0 bridgehead atoms. The molecule has 66 valence electrons. The van der Waals surface area contributed by atoms with Crippen molar-refractivity contribution in [2.45, 2.75) is 25.8 Å². The molecule has 0 aliphatic rings. The Morgan fingerprint density at radius 2 is 2.27 bits per heavy atom. The van der Waals surface area contributed by atoms with Crippen LogP contribution in [0.1, 0.15) is 19.8 Å². The molecule has 3 N–H and O–H groups in total. The molecule has 0 aliphatic heterocycles. The average molecular weight is 160 g/mol. The van der Waals surface area contributed by atoms with Crippen molar-refractivity contribution >= 4 is 6.03 Å². The van der Waals surface area contributed by atoms with Gasteiger partial charge in [0, 0.05) is 19.7 Å². The van der Waals surface area contributed by atoms with Crippen molar-refractivity contribution in [3.05, 3.63) is 0 Å². The maximum atomic E-state index is 10.8. The number of aliphatic hydroxyl groups excluding tert-OH is 1. The van der Waals surface area contributed by atoms with Crippen molar-refractivity contribution in [2.75, 3.05) is 13.7 Å². The fourth-order valence-electron chi connectivity index (χ4n) is 0.792. The Morgan fingerprint density at radius 3 is 2.64 bits per heavy atom. The van der Waals surface area contributed by atoms with Crippen LogP contribution in [0.25, 0.3) is 0 Å². The summed E-state index contributed by atoms with van der Waals surface area (Å²) in [5, 5.41) is 13.7. The van der Waals surface area contributed by atoms with Crippen molar-refractivity contribution in [3.8, 4) is 0 Å². The summed E-state index contributed by atoms with van der Waals surface area (Å²) < 4.78 is 0. The van der Waals surface area contributed by atoms with Crippen LogP contribution in [0.15, 0.2) is 0 Å². The lowest BCUT2D eigenvalue weighted by Crippen LogP contribution is -2.40. The smallest absolute Gasteiger partial charge is 0.314 e.